The first-order valence-electron chi connectivity index (χ1n) is 9.69. The lowest BCUT2D eigenvalue weighted by Crippen LogP contribution is -2.48. The van der Waals surface area contributed by atoms with Crippen LogP contribution in [0.1, 0.15) is 23.2 Å². The molecule has 1 heterocycles. The van der Waals surface area contributed by atoms with Gasteiger partial charge in [0, 0.05) is 17.4 Å². The van der Waals surface area contributed by atoms with Crippen molar-refractivity contribution >= 4 is 23.3 Å². The molecule has 3 rings (SSSR count). The molecular formula is C23H24N2O4S. The molecular weight excluding hydrogens is 400 g/mol. The highest BCUT2D eigenvalue weighted by molar-refractivity contribution is 7.13. The summed E-state index contributed by atoms with van der Waals surface area (Å²) in [6.07, 6.45) is 0.965. The summed E-state index contributed by atoms with van der Waals surface area (Å²) in [7, 11) is 0. The van der Waals surface area contributed by atoms with Gasteiger partial charge in [-0.05, 0) is 25.3 Å². The summed E-state index contributed by atoms with van der Waals surface area (Å²) in [5.74, 6) is -2.15. The van der Waals surface area contributed by atoms with E-state index in [-0.39, 0.29) is 6.42 Å². The third kappa shape index (κ3) is 5.98. The summed E-state index contributed by atoms with van der Waals surface area (Å²) >= 11 is 1.45. The second-order valence-corrected chi connectivity index (χ2v) is 8.04. The second kappa shape index (κ2) is 10.1. The second-order valence-electron chi connectivity index (χ2n) is 7.19. The third-order valence-corrected chi connectivity index (χ3v) is 5.77. The van der Waals surface area contributed by atoms with Crippen molar-refractivity contribution in [3.8, 4) is 10.6 Å². The molecule has 0 aliphatic rings. The topological polar surface area (TPSA) is 99.5 Å². The average molecular weight is 425 g/mol. The number of benzene rings is 2. The molecule has 0 saturated carbocycles. The first-order chi connectivity index (χ1) is 14.4. The van der Waals surface area contributed by atoms with Crippen LogP contribution >= 0.6 is 11.3 Å². The largest absolute Gasteiger partial charge is 0.480 e. The monoisotopic (exact) mass is 424 g/mol. The molecule has 0 aliphatic carbocycles. The van der Waals surface area contributed by atoms with Crippen molar-refractivity contribution in [1.29, 1.82) is 0 Å². The Morgan fingerprint density at radius 3 is 2.30 bits per heavy atom. The first kappa shape index (κ1) is 21.7. The summed E-state index contributed by atoms with van der Waals surface area (Å²) in [5.41, 5.74) is 3.77. The number of hydrogen-bond acceptors (Lipinski definition) is 5. The zero-order chi connectivity index (χ0) is 21.5. The van der Waals surface area contributed by atoms with Crippen LogP contribution in [0.4, 0.5) is 0 Å². The molecule has 2 aromatic carbocycles. The van der Waals surface area contributed by atoms with Crippen LogP contribution < -0.4 is 5.32 Å². The predicted octanol–water partition coefficient (Wildman–Crippen LogP) is 3.79. The minimum absolute atomic E-state index is 0.118. The molecule has 0 unspecified atom stereocenters. The number of nitrogens with one attached hydrogen (secondary N) is 1. The van der Waals surface area contributed by atoms with Gasteiger partial charge in [0.1, 0.15) is 17.1 Å². The van der Waals surface area contributed by atoms with Crippen molar-refractivity contribution in [2.75, 3.05) is 0 Å². The number of aryl methyl sites for hydroxylation is 2. The Kier molecular flexibility index (Phi) is 7.32. The average Bonchev–Trinajstić information content (AvgIpc) is 3.19. The van der Waals surface area contributed by atoms with Gasteiger partial charge in [0.2, 0.25) is 0 Å². The molecule has 2 atom stereocenters. The Labute approximate surface area is 179 Å². The molecule has 1 aromatic heterocycles. The van der Waals surface area contributed by atoms with E-state index >= 15 is 0 Å². The molecule has 0 spiro atoms. The van der Waals surface area contributed by atoms with Gasteiger partial charge in [-0.3, -0.25) is 14.9 Å². The number of aliphatic carboxylic acids is 2. The SMILES string of the molecule is Cc1ccc(-c2nc(C[C@H](N[C@@H](CCc3ccccc3)C(=O)O)C(=O)O)cs2)cc1. The predicted molar refractivity (Wildman–Crippen MR) is 117 cm³/mol. The van der Waals surface area contributed by atoms with Gasteiger partial charge in [0.15, 0.2) is 0 Å². The van der Waals surface area contributed by atoms with Crippen molar-refractivity contribution in [3.05, 3.63) is 76.8 Å². The van der Waals surface area contributed by atoms with E-state index in [1.807, 2.05) is 66.9 Å². The molecule has 7 heteroatoms. The van der Waals surface area contributed by atoms with E-state index in [1.54, 1.807) is 0 Å². The Morgan fingerprint density at radius 1 is 1.00 bits per heavy atom. The van der Waals surface area contributed by atoms with Crippen molar-refractivity contribution in [3.63, 3.8) is 0 Å². The maximum Gasteiger partial charge on any atom is 0.321 e. The van der Waals surface area contributed by atoms with Crippen molar-refractivity contribution in [2.45, 2.75) is 38.3 Å². The Bertz CT molecular complexity index is 986. The summed E-state index contributed by atoms with van der Waals surface area (Å²) in [5, 5.41) is 24.6. The maximum absolute atomic E-state index is 11.8. The number of aromatic nitrogens is 1. The zero-order valence-corrected chi connectivity index (χ0v) is 17.4. The maximum atomic E-state index is 11.8. The fraction of sp³-hybridized carbons (Fsp3) is 0.261. The molecule has 6 nitrogen and oxygen atoms in total. The highest BCUT2D eigenvalue weighted by atomic mass is 32.1. The van der Waals surface area contributed by atoms with Crippen LogP contribution in [0.5, 0.6) is 0 Å². The smallest absolute Gasteiger partial charge is 0.321 e. The van der Waals surface area contributed by atoms with E-state index in [1.165, 1.54) is 11.3 Å². The molecule has 3 N–H and O–H groups in total. The summed E-state index contributed by atoms with van der Waals surface area (Å²) in [6.45, 7) is 2.01. The van der Waals surface area contributed by atoms with E-state index in [0.717, 1.165) is 21.7 Å². The number of carboxylic acid groups (broad SMARTS) is 2. The Morgan fingerprint density at radius 2 is 1.67 bits per heavy atom. The van der Waals surface area contributed by atoms with E-state index in [2.05, 4.69) is 10.3 Å². The first-order valence-corrected chi connectivity index (χ1v) is 10.6. The number of rotatable bonds is 10. The lowest BCUT2D eigenvalue weighted by atomic mass is 10.0. The van der Waals surface area contributed by atoms with Crippen LogP contribution in [0.15, 0.2) is 60.0 Å². The molecule has 0 aliphatic heterocycles. The molecule has 0 radical (unpaired) electrons. The van der Waals surface area contributed by atoms with Crippen LogP contribution in [0.3, 0.4) is 0 Å². The minimum atomic E-state index is -1.09. The van der Waals surface area contributed by atoms with Gasteiger partial charge >= 0.3 is 11.9 Å². The molecule has 30 heavy (non-hydrogen) atoms. The summed E-state index contributed by atoms with van der Waals surface area (Å²) in [4.78, 5) is 28.0. The third-order valence-electron chi connectivity index (χ3n) is 4.83. The number of hydrogen-bond donors (Lipinski definition) is 3. The molecule has 156 valence electrons. The fourth-order valence-electron chi connectivity index (χ4n) is 3.13. The minimum Gasteiger partial charge on any atom is -0.480 e. The van der Waals surface area contributed by atoms with Crippen LogP contribution in [-0.2, 0) is 22.4 Å². The fourth-order valence-corrected chi connectivity index (χ4v) is 3.97. The van der Waals surface area contributed by atoms with Crippen molar-refractivity contribution in [1.82, 2.24) is 10.3 Å². The van der Waals surface area contributed by atoms with E-state index in [9.17, 15) is 19.8 Å². The quantitative estimate of drug-likeness (QED) is 0.458. The van der Waals surface area contributed by atoms with Gasteiger partial charge in [-0.25, -0.2) is 4.98 Å². The molecule has 0 amide bonds. The number of thiazole rings is 1. The highest BCUT2D eigenvalue weighted by Crippen LogP contribution is 2.24. The molecule has 0 saturated heterocycles. The van der Waals surface area contributed by atoms with Gasteiger partial charge < -0.3 is 10.2 Å². The summed E-state index contributed by atoms with van der Waals surface area (Å²) < 4.78 is 0. The zero-order valence-electron chi connectivity index (χ0n) is 16.6. The van der Waals surface area contributed by atoms with Crippen molar-refractivity contribution < 1.29 is 19.8 Å². The van der Waals surface area contributed by atoms with E-state index in [0.29, 0.717) is 18.5 Å². The van der Waals surface area contributed by atoms with E-state index < -0.39 is 24.0 Å². The number of carbonyl (C=O) groups is 2. The van der Waals surface area contributed by atoms with Gasteiger partial charge in [-0.2, -0.15) is 0 Å². The van der Waals surface area contributed by atoms with Gasteiger partial charge in [-0.15, -0.1) is 11.3 Å². The Hall–Kier alpha value is -3.03. The summed E-state index contributed by atoms with van der Waals surface area (Å²) in [6, 6.07) is 15.5. The normalized spacial score (nSPS) is 13.0. The highest BCUT2D eigenvalue weighted by Gasteiger charge is 2.27. The van der Waals surface area contributed by atoms with Gasteiger partial charge in [-0.1, -0.05) is 60.2 Å². The standard InChI is InChI=1S/C23H24N2O4S/c1-15-7-10-17(11-8-15)21-24-18(14-30-21)13-20(23(28)29)25-19(22(26)27)12-9-16-5-3-2-4-6-16/h2-8,10-11,14,19-20,25H,9,12-13H2,1H3,(H,26,27)(H,28,29)/t19-,20-/m0/s1. The van der Waals surface area contributed by atoms with Crippen LogP contribution in [0.2, 0.25) is 0 Å². The van der Waals surface area contributed by atoms with Crippen molar-refractivity contribution in [2.24, 2.45) is 0 Å². The number of carboxylic acids is 2. The van der Waals surface area contributed by atoms with Gasteiger partial charge in [0.05, 0.1) is 5.69 Å². The van der Waals surface area contributed by atoms with Crippen LogP contribution in [0.25, 0.3) is 10.6 Å². The lowest BCUT2D eigenvalue weighted by molar-refractivity contribution is -0.142. The van der Waals surface area contributed by atoms with Crippen LogP contribution in [-0.4, -0.2) is 39.2 Å². The number of nitrogens with zero attached hydrogens (tertiary/aromatic N) is 1. The van der Waals surface area contributed by atoms with Gasteiger partial charge in [0.25, 0.3) is 0 Å². The Balaban J connectivity index is 1.66. The van der Waals surface area contributed by atoms with E-state index in [4.69, 9.17) is 0 Å². The molecule has 0 bridgehead atoms. The lowest BCUT2D eigenvalue weighted by Gasteiger charge is -2.20. The molecule has 3 aromatic rings. The molecule has 0 fully saturated rings. The van der Waals surface area contributed by atoms with Crippen LogP contribution in [0, 0.1) is 6.92 Å².